The zero-order valence-electron chi connectivity index (χ0n) is 12.6. The molecule has 0 saturated carbocycles. The van der Waals surface area contributed by atoms with Gasteiger partial charge in [0.15, 0.2) is 0 Å². The number of nitrogens with two attached hydrogens (primary N) is 1. The van der Waals surface area contributed by atoms with Crippen LogP contribution in [-0.2, 0) is 4.74 Å². The molecule has 2 aromatic rings. The maximum atomic E-state index is 11.9. The predicted octanol–water partition coefficient (Wildman–Crippen LogP) is 2.76. The fourth-order valence-corrected chi connectivity index (χ4v) is 2.14. The van der Waals surface area contributed by atoms with Crippen molar-refractivity contribution in [2.45, 2.75) is 32.4 Å². The van der Waals surface area contributed by atoms with Gasteiger partial charge in [-0.3, -0.25) is 4.98 Å². The van der Waals surface area contributed by atoms with E-state index in [9.17, 15) is 4.79 Å². The van der Waals surface area contributed by atoms with E-state index in [0.29, 0.717) is 0 Å². The van der Waals surface area contributed by atoms with Gasteiger partial charge in [0.25, 0.3) is 0 Å². The van der Waals surface area contributed by atoms with E-state index in [1.165, 1.54) is 0 Å². The summed E-state index contributed by atoms with van der Waals surface area (Å²) in [5, 5.41) is 3.80. The molecule has 3 N–H and O–H groups in total. The fourth-order valence-electron chi connectivity index (χ4n) is 2.14. The van der Waals surface area contributed by atoms with Gasteiger partial charge < -0.3 is 15.8 Å². The number of ether oxygens (including phenoxy) is 1. The number of para-hydroxylation sites is 1. The number of pyridine rings is 1. The Morgan fingerprint density at radius 1 is 1.33 bits per heavy atom. The number of rotatable bonds is 3. The lowest BCUT2D eigenvalue weighted by Crippen LogP contribution is -2.37. The van der Waals surface area contributed by atoms with Gasteiger partial charge in [-0.2, -0.15) is 0 Å². The van der Waals surface area contributed by atoms with Gasteiger partial charge in [0, 0.05) is 18.1 Å². The molecular weight excluding hydrogens is 266 g/mol. The Morgan fingerprint density at radius 3 is 2.71 bits per heavy atom. The molecule has 5 heteroatoms. The third-order valence-corrected chi connectivity index (χ3v) is 2.98. The Hall–Kier alpha value is -2.14. The number of hydrogen-bond donors (Lipinski definition) is 2. The SMILES string of the molecule is CC(C)(C)OC(=O)NC(CN)c1ccnc2ccccc12. The maximum Gasteiger partial charge on any atom is 0.408 e. The number of aromatic nitrogens is 1. The molecule has 1 aromatic carbocycles. The van der Waals surface area contributed by atoms with Crippen molar-refractivity contribution < 1.29 is 9.53 Å². The molecule has 0 aliphatic carbocycles. The summed E-state index contributed by atoms with van der Waals surface area (Å²) in [7, 11) is 0. The number of alkyl carbamates (subject to hydrolysis) is 1. The minimum atomic E-state index is -0.538. The molecule has 1 amide bonds. The minimum absolute atomic E-state index is 0.285. The van der Waals surface area contributed by atoms with Gasteiger partial charge in [-0.15, -0.1) is 0 Å². The summed E-state index contributed by atoms with van der Waals surface area (Å²) in [6, 6.07) is 9.33. The topological polar surface area (TPSA) is 77.2 Å². The van der Waals surface area contributed by atoms with Crippen molar-refractivity contribution in [3.8, 4) is 0 Å². The van der Waals surface area contributed by atoms with Crippen LogP contribution < -0.4 is 11.1 Å². The molecule has 5 nitrogen and oxygen atoms in total. The number of nitrogens with one attached hydrogen (secondary N) is 1. The minimum Gasteiger partial charge on any atom is -0.444 e. The summed E-state index contributed by atoms with van der Waals surface area (Å²) < 4.78 is 5.28. The van der Waals surface area contributed by atoms with Crippen LogP contribution in [0.15, 0.2) is 36.5 Å². The molecule has 0 radical (unpaired) electrons. The Kier molecular flexibility index (Phi) is 4.43. The molecule has 0 aliphatic rings. The van der Waals surface area contributed by atoms with Crippen molar-refractivity contribution in [1.29, 1.82) is 0 Å². The fraction of sp³-hybridized carbons (Fsp3) is 0.375. The Labute approximate surface area is 124 Å². The van der Waals surface area contributed by atoms with E-state index >= 15 is 0 Å². The molecule has 0 saturated heterocycles. The summed E-state index contributed by atoms with van der Waals surface area (Å²) >= 11 is 0. The van der Waals surface area contributed by atoms with Crippen LogP contribution in [0.1, 0.15) is 32.4 Å². The van der Waals surface area contributed by atoms with E-state index in [1.807, 2.05) is 51.1 Å². The van der Waals surface area contributed by atoms with Gasteiger partial charge in [-0.1, -0.05) is 18.2 Å². The molecule has 1 atom stereocenters. The number of nitrogens with zero attached hydrogens (tertiary/aromatic N) is 1. The van der Waals surface area contributed by atoms with E-state index in [4.69, 9.17) is 10.5 Å². The van der Waals surface area contributed by atoms with Crippen LogP contribution in [0, 0.1) is 0 Å². The monoisotopic (exact) mass is 287 g/mol. The first-order valence-electron chi connectivity index (χ1n) is 6.94. The average molecular weight is 287 g/mol. The van der Waals surface area contributed by atoms with E-state index in [1.54, 1.807) is 6.20 Å². The molecule has 0 bridgehead atoms. The highest BCUT2D eigenvalue weighted by Gasteiger charge is 2.20. The summed E-state index contributed by atoms with van der Waals surface area (Å²) in [5.74, 6) is 0. The summed E-state index contributed by atoms with van der Waals surface area (Å²) in [6.07, 6.45) is 1.25. The molecule has 0 aliphatic heterocycles. The second kappa shape index (κ2) is 6.10. The van der Waals surface area contributed by atoms with Gasteiger partial charge in [-0.05, 0) is 38.5 Å². The summed E-state index contributed by atoms with van der Waals surface area (Å²) in [5.41, 5.74) is 7.09. The quantitative estimate of drug-likeness (QED) is 0.910. The van der Waals surface area contributed by atoms with E-state index < -0.39 is 11.7 Å². The Morgan fingerprint density at radius 2 is 2.05 bits per heavy atom. The van der Waals surface area contributed by atoms with Crippen molar-refractivity contribution >= 4 is 17.0 Å². The van der Waals surface area contributed by atoms with Gasteiger partial charge in [0.2, 0.25) is 0 Å². The van der Waals surface area contributed by atoms with Crippen LogP contribution in [0.2, 0.25) is 0 Å². The van der Waals surface area contributed by atoms with Crippen LogP contribution in [0.3, 0.4) is 0 Å². The highest BCUT2D eigenvalue weighted by Crippen LogP contribution is 2.22. The maximum absolute atomic E-state index is 11.9. The van der Waals surface area contributed by atoms with Crippen molar-refractivity contribution in [3.05, 3.63) is 42.1 Å². The van der Waals surface area contributed by atoms with E-state index in [2.05, 4.69) is 10.3 Å². The Bertz CT molecular complexity index is 629. The first-order chi connectivity index (χ1) is 9.90. The first kappa shape index (κ1) is 15.3. The number of hydrogen-bond acceptors (Lipinski definition) is 4. The standard InChI is InChI=1S/C16H21N3O2/c1-16(2,3)21-15(20)19-14(10-17)12-8-9-18-13-7-5-4-6-11(12)13/h4-9,14H,10,17H2,1-3H3,(H,19,20). The lowest BCUT2D eigenvalue weighted by atomic mass is 10.0. The number of fused-ring (bicyclic) bond motifs is 1. The predicted molar refractivity (Wildman–Crippen MR) is 82.9 cm³/mol. The van der Waals surface area contributed by atoms with Gasteiger partial charge in [0.05, 0.1) is 11.6 Å². The third kappa shape index (κ3) is 3.92. The van der Waals surface area contributed by atoms with Crippen molar-refractivity contribution in [3.63, 3.8) is 0 Å². The third-order valence-electron chi connectivity index (χ3n) is 2.98. The zero-order chi connectivity index (χ0) is 15.5. The molecule has 2 rings (SSSR count). The highest BCUT2D eigenvalue weighted by atomic mass is 16.6. The molecule has 1 heterocycles. The zero-order valence-corrected chi connectivity index (χ0v) is 12.6. The van der Waals surface area contributed by atoms with Crippen molar-refractivity contribution in [2.75, 3.05) is 6.54 Å². The molecule has 1 aromatic heterocycles. The van der Waals surface area contributed by atoms with Gasteiger partial charge in [-0.25, -0.2) is 4.79 Å². The van der Waals surface area contributed by atoms with Crippen LogP contribution in [-0.4, -0.2) is 23.2 Å². The van der Waals surface area contributed by atoms with Gasteiger partial charge >= 0.3 is 6.09 Å². The van der Waals surface area contributed by atoms with E-state index in [-0.39, 0.29) is 12.6 Å². The van der Waals surface area contributed by atoms with Crippen LogP contribution >= 0.6 is 0 Å². The smallest absolute Gasteiger partial charge is 0.408 e. The molecule has 0 spiro atoms. The summed E-state index contributed by atoms with van der Waals surface area (Å²) in [4.78, 5) is 16.2. The molecular formula is C16H21N3O2. The van der Waals surface area contributed by atoms with Gasteiger partial charge in [0.1, 0.15) is 5.60 Å². The molecule has 21 heavy (non-hydrogen) atoms. The van der Waals surface area contributed by atoms with Crippen LogP contribution in [0.25, 0.3) is 10.9 Å². The molecule has 1 unspecified atom stereocenters. The largest absolute Gasteiger partial charge is 0.444 e. The lowest BCUT2D eigenvalue weighted by Gasteiger charge is -2.23. The lowest BCUT2D eigenvalue weighted by molar-refractivity contribution is 0.0505. The average Bonchev–Trinajstić information content (AvgIpc) is 2.42. The number of benzene rings is 1. The summed E-state index contributed by atoms with van der Waals surface area (Å²) in [6.45, 7) is 5.76. The number of carbonyl (C=O) groups excluding carboxylic acids is 1. The van der Waals surface area contributed by atoms with E-state index in [0.717, 1.165) is 16.5 Å². The van der Waals surface area contributed by atoms with Crippen LogP contribution in [0.5, 0.6) is 0 Å². The second-order valence-electron chi connectivity index (χ2n) is 5.85. The van der Waals surface area contributed by atoms with Crippen molar-refractivity contribution in [2.24, 2.45) is 5.73 Å². The second-order valence-corrected chi connectivity index (χ2v) is 5.85. The Balaban J connectivity index is 2.26. The van der Waals surface area contributed by atoms with Crippen LogP contribution in [0.4, 0.5) is 4.79 Å². The number of amides is 1. The first-order valence-corrected chi connectivity index (χ1v) is 6.94. The molecule has 112 valence electrons. The molecule has 0 fully saturated rings. The normalized spacial score (nSPS) is 13.0. The van der Waals surface area contributed by atoms with Crippen molar-refractivity contribution in [1.82, 2.24) is 10.3 Å². The highest BCUT2D eigenvalue weighted by molar-refractivity contribution is 5.83. The number of carbonyl (C=O) groups is 1.